The van der Waals surface area contributed by atoms with Crippen molar-refractivity contribution < 1.29 is 13.9 Å². The summed E-state index contributed by atoms with van der Waals surface area (Å²) in [5.74, 6) is 2.22. The van der Waals surface area contributed by atoms with Crippen LogP contribution in [-0.2, 0) is 6.54 Å². The maximum absolute atomic E-state index is 12.8. The summed E-state index contributed by atoms with van der Waals surface area (Å²) < 4.78 is 11.5. The van der Waals surface area contributed by atoms with Gasteiger partial charge in [0.2, 0.25) is 0 Å². The average molecular weight is 517 g/mol. The lowest BCUT2D eigenvalue weighted by molar-refractivity contribution is -0.0200. The van der Waals surface area contributed by atoms with Gasteiger partial charge in [0, 0.05) is 42.7 Å². The maximum Gasteiger partial charge on any atom is 0.321 e. The molecule has 3 heterocycles. The zero-order chi connectivity index (χ0) is 25.4. The van der Waals surface area contributed by atoms with E-state index in [-0.39, 0.29) is 11.4 Å². The molecule has 0 unspecified atom stereocenters. The molecule has 0 saturated carbocycles. The van der Waals surface area contributed by atoms with Crippen LogP contribution >= 0.6 is 11.6 Å². The van der Waals surface area contributed by atoms with Gasteiger partial charge >= 0.3 is 6.03 Å². The van der Waals surface area contributed by atoms with Crippen LogP contribution < -0.4 is 10.1 Å². The van der Waals surface area contributed by atoms with Crippen LogP contribution in [0.4, 0.5) is 10.5 Å². The molecule has 190 valence electrons. The third-order valence-electron chi connectivity index (χ3n) is 7.36. The molecule has 1 aromatic heterocycles. The van der Waals surface area contributed by atoms with Gasteiger partial charge in [-0.25, -0.2) is 9.78 Å². The molecule has 2 amide bonds. The second kappa shape index (κ2) is 9.72. The molecule has 0 aliphatic carbocycles. The monoisotopic (exact) mass is 516 g/mol. The Kier molecular flexibility index (Phi) is 6.26. The fourth-order valence-electron chi connectivity index (χ4n) is 5.34. The van der Waals surface area contributed by atoms with Crippen molar-refractivity contribution in [1.82, 2.24) is 14.8 Å². The number of anilines is 1. The van der Waals surface area contributed by atoms with Crippen LogP contribution in [0.25, 0.3) is 11.1 Å². The standard InChI is InChI=1S/C29H29ClN4O3/c1-20-31-26-16-23(7-10-27(26)36-20)32-28(35)34-18-29(19-34)11-13-33(14-12-29)17-21-3-2-4-25(15-21)37-24-8-5-22(30)6-9-24/h2-10,15-16H,11-14,17-19H2,1H3,(H,32,35). The van der Waals surface area contributed by atoms with Crippen LogP contribution in [0.5, 0.6) is 11.5 Å². The molecule has 1 N–H and O–H groups in total. The zero-order valence-corrected chi connectivity index (χ0v) is 21.5. The molecule has 4 aromatic rings. The van der Waals surface area contributed by atoms with E-state index in [0.717, 1.165) is 73.9 Å². The number of hydrogen-bond acceptors (Lipinski definition) is 5. The van der Waals surface area contributed by atoms with Crippen LogP contribution in [-0.4, -0.2) is 47.0 Å². The highest BCUT2D eigenvalue weighted by atomic mass is 35.5. The number of carbonyl (C=O) groups is 1. The number of oxazole rings is 1. The molecule has 8 heteroatoms. The fraction of sp³-hybridized carbons (Fsp3) is 0.310. The second-order valence-corrected chi connectivity index (χ2v) is 10.6. The summed E-state index contributed by atoms with van der Waals surface area (Å²) in [6.07, 6.45) is 2.20. The molecule has 37 heavy (non-hydrogen) atoms. The van der Waals surface area contributed by atoms with E-state index in [1.54, 1.807) is 0 Å². The fourth-order valence-corrected chi connectivity index (χ4v) is 5.46. The highest BCUT2D eigenvalue weighted by Crippen LogP contribution is 2.41. The van der Waals surface area contributed by atoms with Crippen molar-refractivity contribution in [3.63, 3.8) is 0 Å². The highest BCUT2D eigenvalue weighted by Gasteiger charge is 2.46. The highest BCUT2D eigenvalue weighted by molar-refractivity contribution is 6.30. The topological polar surface area (TPSA) is 70.8 Å². The summed E-state index contributed by atoms with van der Waals surface area (Å²) >= 11 is 5.97. The van der Waals surface area contributed by atoms with Crippen molar-refractivity contribution in [2.75, 3.05) is 31.5 Å². The zero-order valence-electron chi connectivity index (χ0n) is 20.7. The van der Waals surface area contributed by atoms with E-state index in [4.69, 9.17) is 20.8 Å². The van der Waals surface area contributed by atoms with Gasteiger partial charge in [0.25, 0.3) is 0 Å². The van der Waals surface area contributed by atoms with Gasteiger partial charge in [-0.3, -0.25) is 4.90 Å². The Balaban J connectivity index is 0.986. The van der Waals surface area contributed by atoms with E-state index >= 15 is 0 Å². The molecule has 1 spiro atoms. The molecule has 3 aromatic carbocycles. The van der Waals surface area contributed by atoms with Crippen molar-refractivity contribution >= 4 is 34.4 Å². The quantitative estimate of drug-likeness (QED) is 0.319. The van der Waals surface area contributed by atoms with Crippen LogP contribution in [0.2, 0.25) is 5.02 Å². The van der Waals surface area contributed by atoms with E-state index < -0.39 is 0 Å². The number of nitrogens with one attached hydrogen (secondary N) is 1. The molecule has 2 aliphatic heterocycles. The van der Waals surface area contributed by atoms with E-state index in [9.17, 15) is 4.79 Å². The second-order valence-electron chi connectivity index (χ2n) is 10.2. The van der Waals surface area contributed by atoms with E-state index in [0.29, 0.717) is 10.9 Å². The number of benzene rings is 3. The maximum atomic E-state index is 12.8. The van der Waals surface area contributed by atoms with Gasteiger partial charge in [-0.15, -0.1) is 0 Å². The minimum absolute atomic E-state index is 0.0508. The van der Waals surface area contributed by atoms with Crippen molar-refractivity contribution in [2.24, 2.45) is 5.41 Å². The molecule has 0 atom stereocenters. The van der Waals surface area contributed by atoms with Crippen molar-refractivity contribution in [3.8, 4) is 11.5 Å². The van der Waals surface area contributed by atoms with Gasteiger partial charge in [0.05, 0.1) is 0 Å². The van der Waals surface area contributed by atoms with Gasteiger partial charge in [-0.1, -0.05) is 23.7 Å². The van der Waals surface area contributed by atoms with Crippen LogP contribution in [0, 0.1) is 12.3 Å². The molecular weight excluding hydrogens is 488 g/mol. The smallest absolute Gasteiger partial charge is 0.321 e. The Morgan fingerprint density at radius 3 is 2.62 bits per heavy atom. The number of aromatic nitrogens is 1. The first-order valence-electron chi connectivity index (χ1n) is 12.6. The lowest BCUT2D eigenvalue weighted by Crippen LogP contribution is -2.62. The van der Waals surface area contributed by atoms with Gasteiger partial charge < -0.3 is 19.4 Å². The van der Waals surface area contributed by atoms with Gasteiger partial charge in [0.1, 0.15) is 17.0 Å². The largest absolute Gasteiger partial charge is 0.457 e. The SMILES string of the molecule is Cc1nc2cc(NC(=O)N3CC4(CCN(Cc5cccc(Oc6ccc(Cl)cc6)c5)CC4)C3)ccc2o1. The molecule has 0 radical (unpaired) electrons. The predicted octanol–water partition coefficient (Wildman–Crippen LogP) is 6.71. The summed E-state index contributed by atoms with van der Waals surface area (Å²) in [6, 6.07) is 21.2. The minimum Gasteiger partial charge on any atom is -0.457 e. The number of nitrogens with zero attached hydrogens (tertiary/aromatic N) is 3. The van der Waals surface area contributed by atoms with Crippen molar-refractivity contribution in [3.05, 3.63) is 83.2 Å². The van der Waals surface area contributed by atoms with E-state index in [2.05, 4.69) is 27.3 Å². The van der Waals surface area contributed by atoms with Crippen LogP contribution in [0.3, 0.4) is 0 Å². The predicted molar refractivity (Wildman–Crippen MR) is 144 cm³/mol. The Morgan fingerprint density at radius 2 is 1.84 bits per heavy atom. The first kappa shape index (κ1) is 23.8. The van der Waals surface area contributed by atoms with Gasteiger partial charge in [-0.05, 0) is 86.1 Å². The minimum atomic E-state index is -0.0508. The van der Waals surface area contributed by atoms with Gasteiger partial charge in [0.15, 0.2) is 11.5 Å². The number of amides is 2. The number of aryl methyl sites for hydroxylation is 1. The number of piperidine rings is 1. The average Bonchev–Trinajstić information content (AvgIpc) is 3.24. The van der Waals surface area contributed by atoms with E-state index in [1.165, 1.54) is 5.56 Å². The van der Waals surface area contributed by atoms with Crippen molar-refractivity contribution in [2.45, 2.75) is 26.3 Å². The normalized spacial score (nSPS) is 17.1. The third kappa shape index (κ3) is 5.29. The number of likely N-dealkylation sites (tertiary alicyclic amines) is 2. The number of ether oxygens (including phenoxy) is 1. The number of halogens is 1. The summed E-state index contributed by atoms with van der Waals surface area (Å²) in [6.45, 7) is 6.38. The lowest BCUT2D eigenvalue weighted by atomic mass is 9.72. The summed E-state index contributed by atoms with van der Waals surface area (Å²) in [5, 5.41) is 3.70. The van der Waals surface area contributed by atoms with E-state index in [1.807, 2.05) is 66.4 Å². The Morgan fingerprint density at radius 1 is 1.05 bits per heavy atom. The number of carbonyl (C=O) groups excluding carboxylic acids is 1. The molecule has 6 rings (SSSR count). The number of fused-ring (bicyclic) bond motifs is 1. The first-order chi connectivity index (χ1) is 17.9. The number of urea groups is 1. The molecule has 2 fully saturated rings. The summed E-state index contributed by atoms with van der Waals surface area (Å²) in [4.78, 5) is 21.5. The summed E-state index contributed by atoms with van der Waals surface area (Å²) in [7, 11) is 0. The first-order valence-corrected chi connectivity index (χ1v) is 13.0. The molecule has 7 nitrogen and oxygen atoms in total. The third-order valence-corrected chi connectivity index (χ3v) is 7.61. The Hall–Kier alpha value is -3.55. The molecule has 2 saturated heterocycles. The van der Waals surface area contributed by atoms with Crippen LogP contribution in [0.1, 0.15) is 24.3 Å². The molecule has 2 aliphatic rings. The Labute approximate surface area is 221 Å². The van der Waals surface area contributed by atoms with Crippen molar-refractivity contribution in [1.29, 1.82) is 0 Å². The van der Waals surface area contributed by atoms with Gasteiger partial charge in [-0.2, -0.15) is 0 Å². The van der Waals surface area contributed by atoms with Crippen LogP contribution in [0.15, 0.2) is 71.1 Å². The number of rotatable bonds is 5. The Bertz CT molecular complexity index is 1420. The number of hydrogen-bond donors (Lipinski definition) is 1. The molecular formula is C29H29ClN4O3. The molecule has 0 bridgehead atoms. The summed E-state index contributed by atoms with van der Waals surface area (Å²) in [5.41, 5.74) is 3.69. The lowest BCUT2D eigenvalue weighted by Gasteiger charge is -2.53.